The summed E-state index contributed by atoms with van der Waals surface area (Å²) in [6.45, 7) is 13.2. The van der Waals surface area contributed by atoms with Crippen LogP contribution in [0.3, 0.4) is 0 Å². The van der Waals surface area contributed by atoms with Gasteiger partial charge >= 0.3 is 0 Å². The molecule has 0 aliphatic carbocycles. The van der Waals surface area contributed by atoms with E-state index in [4.69, 9.17) is 4.43 Å². The third kappa shape index (κ3) is 10.6. The van der Waals surface area contributed by atoms with E-state index < -0.39 is 8.32 Å². The molecule has 0 saturated heterocycles. The van der Waals surface area contributed by atoms with Gasteiger partial charge in [0, 0.05) is 6.42 Å². The summed E-state index contributed by atoms with van der Waals surface area (Å²) in [5, 5.41) is 0.148. The highest BCUT2D eigenvalue weighted by molar-refractivity contribution is 6.74. The molecule has 0 aliphatic heterocycles. The van der Waals surface area contributed by atoms with E-state index in [1.54, 1.807) is 0 Å². The number of allylic oxidation sites excluding steroid dienone is 7. The predicted octanol–water partition coefficient (Wildman–Crippen LogP) is 6.38. The number of carbonyl (C=O) groups is 1. The van der Waals surface area contributed by atoms with Gasteiger partial charge in [0.25, 0.3) is 0 Å². The molecule has 136 valence electrons. The number of hydrogen-bond donors (Lipinski definition) is 0. The maximum atomic E-state index is 10.9. The van der Waals surface area contributed by atoms with Crippen LogP contribution in [0.5, 0.6) is 0 Å². The molecule has 0 fully saturated rings. The highest BCUT2D eigenvalue weighted by Crippen LogP contribution is 2.37. The maximum absolute atomic E-state index is 10.9. The van der Waals surface area contributed by atoms with E-state index in [1.165, 1.54) is 0 Å². The molecule has 0 aromatic rings. The zero-order valence-electron chi connectivity index (χ0n) is 16.4. The van der Waals surface area contributed by atoms with E-state index in [0.29, 0.717) is 6.42 Å². The van der Waals surface area contributed by atoms with E-state index in [0.717, 1.165) is 25.5 Å². The summed E-state index contributed by atoms with van der Waals surface area (Å²) in [6.07, 6.45) is 21.1. The van der Waals surface area contributed by atoms with Crippen LogP contribution in [0.2, 0.25) is 18.1 Å². The smallest absolute Gasteiger partial charge is 0.192 e. The van der Waals surface area contributed by atoms with Crippen molar-refractivity contribution in [2.24, 2.45) is 0 Å². The molecule has 2 nitrogen and oxygen atoms in total. The van der Waals surface area contributed by atoms with Gasteiger partial charge in [-0.3, -0.25) is 0 Å². The second-order valence-corrected chi connectivity index (χ2v) is 12.2. The second kappa shape index (κ2) is 12.2. The molecular weight excluding hydrogens is 312 g/mol. The van der Waals surface area contributed by atoms with Crippen molar-refractivity contribution in [3.05, 3.63) is 48.6 Å². The molecule has 24 heavy (non-hydrogen) atoms. The molecule has 0 amide bonds. The Balaban J connectivity index is 4.41. The van der Waals surface area contributed by atoms with Crippen LogP contribution in [-0.2, 0) is 9.22 Å². The fourth-order valence-electron chi connectivity index (χ4n) is 1.77. The van der Waals surface area contributed by atoms with Gasteiger partial charge in [-0.1, -0.05) is 76.3 Å². The van der Waals surface area contributed by atoms with Crippen LogP contribution in [0, 0.1) is 0 Å². The van der Waals surface area contributed by atoms with Gasteiger partial charge in [0.15, 0.2) is 8.32 Å². The molecule has 0 spiro atoms. The highest BCUT2D eigenvalue weighted by atomic mass is 28.4. The van der Waals surface area contributed by atoms with E-state index in [9.17, 15) is 4.79 Å². The average Bonchev–Trinajstić information content (AvgIpc) is 2.47. The zero-order valence-corrected chi connectivity index (χ0v) is 17.4. The van der Waals surface area contributed by atoms with E-state index in [2.05, 4.69) is 71.2 Å². The SMILES string of the molecule is CC/C=C\C/C=C\C/C=C\C=C\C(CC=O)O[Si](C)(C)C(C)(C)C. The first-order valence-electron chi connectivity index (χ1n) is 8.99. The minimum atomic E-state index is -1.85. The van der Waals surface area contributed by atoms with Crippen LogP contribution < -0.4 is 0 Å². The van der Waals surface area contributed by atoms with Gasteiger partial charge in [-0.2, -0.15) is 0 Å². The quantitative estimate of drug-likeness (QED) is 0.187. The van der Waals surface area contributed by atoms with Crippen LogP contribution in [0.1, 0.15) is 53.4 Å². The summed E-state index contributed by atoms with van der Waals surface area (Å²) in [6, 6.07) is 0. The van der Waals surface area contributed by atoms with Crippen LogP contribution in [0.4, 0.5) is 0 Å². The van der Waals surface area contributed by atoms with E-state index >= 15 is 0 Å². The standard InChI is InChI=1S/C21H36O2Si/c1-7-8-9-10-11-12-13-14-15-16-17-20(18-19-22)23-24(5,6)21(2,3)4/h8-9,11-12,14-17,19-20H,7,10,13,18H2,1-6H3/b9-8-,12-11-,15-14-,17-16+. The van der Waals surface area contributed by atoms with Gasteiger partial charge in [0.05, 0.1) is 6.10 Å². The molecule has 0 rings (SSSR count). The van der Waals surface area contributed by atoms with Crippen LogP contribution in [0.25, 0.3) is 0 Å². The van der Waals surface area contributed by atoms with Crippen LogP contribution in [-0.4, -0.2) is 20.7 Å². The minimum absolute atomic E-state index is 0.122. The Morgan fingerprint density at radius 1 is 0.958 bits per heavy atom. The van der Waals surface area contributed by atoms with Crippen molar-refractivity contribution in [3.63, 3.8) is 0 Å². The third-order valence-electron chi connectivity index (χ3n) is 4.27. The molecule has 0 aromatic heterocycles. The largest absolute Gasteiger partial charge is 0.410 e. The summed E-state index contributed by atoms with van der Waals surface area (Å²) in [5.74, 6) is 0. The van der Waals surface area contributed by atoms with Crippen molar-refractivity contribution in [2.75, 3.05) is 0 Å². The zero-order chi connectivity index (χ0) is 18.5. The molecular formula is C21H36O2Si. The average molecular weight is 349 g/mol. The van der Waals surface area contributed by atoms with Gasteiger partial charge in [-0.25, -0.2) is 0 Å². The molecule has 0 heterocycles. The molecule has 0 N–H and O–H groups in total. The maximum Gasteiger partial charge on any atom is 0.192 e. The molecule has 3 heteroatoms. The molecule has 0 bridgehead atoms. The van der Waals surface area contributed by atoms with Gasteiger partial charge in [0.2, 0.25) is 0 Å². The van der Waals surface area contributed by atoms with E-state index in [-0.39, 0.29) is 11.1 Å². The highest BCUT2D eigenvalue weighted by Gasteiger charge is 2.38. The molecule has 0 radical (unpaired) electrons. The van der Waals surface area contributed by atoms with Gasteiger partial charge < -0.3 is 9.22 Å². The normalized spacial score (nSPS) is 15.2. The first kappa shape index (κ1) is 22.8. The first-order chi connectivity index (χ1) is 11.2. The minimum Gasteiger partial charge on any atom is -0.410 e. The summed E-state index contributed by atoms with van der Waals surface area (Å²) in [7, 11) is -1.85. The van der Waals surface area contributed by atoms with Crippen LogP contribution in [0.15, 0.2) is 48.6 Å². The molecule has 0 aromatic carbocycles. The molecule has 0 saturated carbocycles. The fraction of sp³-hybridized carbons (Fsp3) is 0.571. The fourth-order valence-corrected chi connectivity index (χ4v) is 3.06. The molecule has 1 unspecified atom stereocenters. The monoisotopic (exact) mass is 348 g/mol. The van der Waals surface area contributed by atoms with Crippen molar-refractivity contribution in [1.29, 1.82) is 0 Å². The topological polar surface area (TPSA) is 26.3 Å². The molecule has 1 atom stereocenters. The number of aldehydes is 1. The number of hydrogen-bond acceptors (Lipinski definition) is 2. The summed E-state index contributed by atoms with van der Waals surface area (Å²) in [4.78, 5) is 10.9. The van der Waals surface area contributed by atoms with Crippen LogP contribution >= 0.6 is 0 Å². The van der Waals surface area contributed by atoms with Crippen molar-refractivity contribution in [1.82, 2.24) is 0 Å². The van der Waals surface area contributed by atoms with Crippen molar-refractivity contribution >= 4 is 14.6 Å². The Morgan fingerprint density at radius 3 is 2.08 bits per heavy atom. The Labute approximate surface area is 150 Å². The third-order valence-corrected chi connectivity index (χ3v) is 8.77. The lowest BCUT2D eigenvalue weighted by atomic mass is 10.2. The first-order valence-corrected chi connectivity index (χ1v) is 11.9. The lowest BCUT2D eigenvalue weighted by molar-refractivity contribution is -0.108. The Bertz CT molecular complexity index is 451. The van der Waals surface area contributed by atoms with Crippen molar-refractivity contribution in [2.45, 2.75) is 77.6 Å². The van der Waals surface area contributed by atoms with Gasteiger partial charge in [0.1, 0.15) is 6.29 Å². The number of rotatable bonds is 11. The van der Waals surface area contributed by atoms with Gasteiger partial charge in [-0.15, -0.1) is 0 Å². The summed E-state index contributed by atoms with van der Waals surface area (Å²) in [5.41, 5.74) is 0. The van der Waals surface area contributed by atoms with E-state index in [1.807, 2.05) is 18.2 Å². The second-order valence-electron chi connectivity index (χ2n) is 7.45. The number of carbonyl (C=O) groups excluding carboxylic acids is 1. The Hall–Kier alpha value is -1.19. The lowest BCUT2D eigenvalue weighted by Gasteiger charge is -2.38. The summed E-state index contributed by atoms with van der Waals surface area (Å²) < 4.78 is 6.29. The Morgan fingerprint density at radius 2 is 1.54 bits per heavy atom. The van der Waals surface area contributed by atoms with Crippen molar-refractivity contribution < 1.29 is 9.22 Å². The molecule has 0 aliphatic rings. The lowest BCUT2D eigenvalue weighted by Crippen LogP contribution is -2.43. The Kier molecular flexibility index (Phi) is 11.6. The van der Waals surface area contributed by atoms with Crippen molar-refractivity contribution in [3.8, 4) is 0 Å². The predicted molar refractivity (Wildman–Crippen MR) is 109 cm³/mol. The summed E-state index contributed by atoms with van der Waals surface area (Å²) >= 11 is 0. The van der Waals surface area contributed by atoms with Gasteiger partial charge in [-0.05, 0) is 37.4 Å².